The number of carbonyl (C=O) groups is 1. The summed E-state index contributed by atoms with van der Waals surface area (Å²) < 4.78 is 0. The van der Waals surface area contributed by atoms with Crippen LogP contribution in [0, 0.1) is 11.3 Å². The number of nitrogens with zero attached hydrogens (tertiary/aromatic N) is 3. The fraction of sp³-hybridized carbons (Fsp3) is 0.100. The summed E-state index contributed by atoms with van der Waals surface area (Å²) in [5, 5.41) is 22.4. The number of phenolic OH excluding ortho intramolecular Hbond substituents is 1. The molecule has 1 amide bonds. The summed E-state index contributed by atoms with van der Waals surface area (Å²) in [5.74, 6) is 0.585. The van der Waals surface area contributed by atoms with Gasteiger partial charge in [0.05, 0.1) is 5.69 Å². The van der Waals surface area contributed by atoms with E-state index >= 15 is 0 Å². The van der Waals surface area contributed by atoms with Gasteiger partial charge >= 0.3 is 0 Å². The van der Waals surface area contributed by atoms with Gasteiger partial charge < -0.3 is 16.2 Å². The quantitative estimate of drug-likeness (QED) is 0.448. The van der Waals surface area contributed by atoms with E-state index < -0.39 is 0 Å². The smallest absolute Gasteiger partial charge is 0.221 e. The Morgan fingerprint density at radius 2 is 1.93 bits per heavy atom. The number of phenols is 1. The lowest BCUT2D eigenvalue weighted by Gasteiger charge is -2.10. The third-order valence-electron chi connectivity index (χ3n) is 3.86. The van der Waals surface area contributed by atoms with Crippen molar-refractivity contribution in [2.75, 3.05) is 11.1 Å². The molecule has 3 rings (SSSR count). The van der Waals surface area contributed by atoms with Gasteiger partial charge in [-0.1, -0.05) is 42.1 Å². The number of aromatic hydroxyl groups is 1. The van der Waals surface area contributed by atoms with Gasteiger partial charge in [-0.05, 0) is 18.2 Å². The molecular formula is C20H17N5O2S. The molecule has 0 spiro atoms. The maximum absolute atomic E-state index is 11.2. The second-order valence-electron chi connectivity index (χ2n) is 5.90. The Labute approximate surface area is 166 Å². The number of nitrogens with two attached hydrogens (primary N) is 1. The van der Waals surface area contributed by atoms with E-state index in [0.717, 1.165) is 5.56 Å². The molecule has 2 aromatic carbocycles. The van der Waals surface area contributed by atoms with Crippen molar-refractivity contribution < 1.29 is 9.90 Å². The molecule has 0 aliphatic carbocycles. The highest BCUT2D eigenvalue weighted by atomic mass is 32.2. The van der Waals surface area contributed by atoms with Gasteiger partial charge in [0.25, 0.3) is 0 Å². The number of para-hydroxylation sites is 1. The first-order chi connectivity index (χ1) is 13.5. The highest BCUT2D eigenvalue weighted by molar-refractivity contribution is 7.98. The van der Waals surface area contributed by atoms with Gasteiger partial charge in [0.15, 0.2) is 5.16 Å². The van der Waals surface area contributed by atoms with Crippen molar-refractivity contribution in [3.63, 3.8) is 0 Å². The molecule has 0 radical (unpaired) electrons. The number of amides is 1. The Kier molecular flexibility index (Phi) is 5.77. The fourth-order valence-electron chi connectivity index (χ4n) is 2.53. The highest BCUT2D eigenvalue weighted by Crippen LogP contribution is 2.31. The first-order valence-corrected chi connectivity index (χ1v) is 9.32. The van der Waals surface area contributed by atoms with Crippen molar-refractivity contribution in [3.8, 4) is 23.1 Å². The monoisotopic (exact) mass is 391 g/mol. The standard InChI is InChI=1S/C20H17N5O2S/c1-12(26)23-15-8-6-13(7-9-15)18-16(10-21)19(22)25-20(24-18)28-11-14-4-2-3-5-17(14)27/h2-9,27H,11H2,1H3,(H,23,26)(H2,22,24,25). The number of nitriles is 1. The maximum Gasteiger partial charge on any atom is 0.221 e. The van der Waals surface area contributed by atoms with Gasteiger partial charge in [0.2, 0.25) is 5.91 Å². The van der Waals surface area contributed by atoms with Crippen molar-refractivity contribution in [2.24, 2.45) is 0 Å². The topological polar surface area (TPSA) is 125 Å². The molecule has 140 valence electrons. The van der Waals surface area contributed by atoms with E-state index in [2.05, 4.69) is 21.4 Å². The van der Waals surface area contributed by atoms with Crippen molar-refractivity contribution in [3.05, 3.63) is 59.7 Å². The SMILES string of the molecule is CC(=O)Nc1ccc(-c2nc(SCc3ccccc3O)nc(N)c2C#N)cc1. The maximum atomic E-state index is 11.2. The van der Waals surface area contributed by atoms with Gasteiger partial charge in [0, 0.05) is 29.5 Å². The predicted molar refractivity (Wildman–Crippen MR) is 109 cm³/mol. The van der Waals surface area contributed by atoms with Gasteiger partial charge in [0.1, 0.15) is 23.2 Å². The van der Waals surface area contributed by atoms with E-state index in [1.165, 1.54) is 18.7 Å². The number of rotatable bonds is 5. The summed E-state index contributed by atoms with van der Waals surface area (Å²) in [5.41, 5.74) is 8.66. The number of carbonyl (C=O) groups excluding carboxylic acids is 1. The minimum atomic E-state index is -0.167. The molecule has 0 aliphatic heterocycles. The van der Waals surface area contributed by atoms with Crippen LogP contribution in [-0.2, 0) is 10.5 Å². The molecule has 7 nitrogen and oxygen atoms in total. The lowest BCUT2D eigenvalue weighted by molar-refractivity contribution is -0.114. The molecule has 0 saturated heterocycles. The van der Waals surface area contributed by atoms with E-state index in [1.54, 1.807) is 36.4 Å². The largest absolute Gasteiger partial charge is 0.508 e. The molecule has 8 heteroatoms. The van der Waals surface area contributed by atoms with E-state index in [-0.39, 0.29) is 23.0 Å². The fourth-order valence-corrected chi connectivity index (χ4v) is 3.38. The minimum Gasteiger partial charge on any atom is -0.508 e. The van der Waals surface area contributed by atoms with Crippen LogP contribution in [0.3, 0.4) is 0 Å². The Hall–Kier alpha value is -3.57. The molecule has 0 atom stereocenters. The normalized spacial score (nSPS) is 10.3. The highest BCUT2D eigenvalue weighted by Gasteiger charge is 2.15. The van der Waals surface area contributed by atoms with Crippen LogP contribution in [0.1, 0.15) is 18.1 Å². The van der Waals surface area contributed by atoms with E-state index in [4.69, 9.17) is 5.73 Å². The molecule has 0 aliphatic rings. The zero-order valence-corrected chi connectivity index (χ0v) is 15.8. The Morgan fingerprint density at radius 3 is 2.57 bits per heavy atom. The Balaban J connectivity index is 1.91. The van der Waals surface area contributed by atoms with E-state index in [1.807, 2.05) is 12.1 Å². The molecule has 1 aromatic heterocycles. The number of anilines is 2. The third kappa shape index (κ3) is 4.39. The van der Waals surface area contributed by atoms with Crippen molar-refractivity contribution >= 4 is 29.2 Å². The van der Waals surface area contributed by atoms with Crippen molar-refractivity contribution in [1.29, 1.82) is 5.26 Å². The summed E-state index contributed by atoms with van der Waals surface area (Å²) in [6, 6.07) is 16.0. The molecule has 0 unspecified atom stereocenters. The minimum absolute atomic E-state index is 0.0956. The van der Waals surface area contributed by atoms with Crippen LogP contribution >= 0.6 is 11.8 Å². The molecule has 3 aromatic rings. The third-order valence-corrected chi connectivity index (χ3v) is 4.75. The first-order valence-electron chi connectivity index (χ1n) is 8.33. The number of benzene rings is 2. The molecule has 4 N–H and O–H groups in total. The van der Waals surface area contributed by atoms with Crippen LogP contribution in [0.15, 0.2) is 53.7 Å². The molecule has 0 saturated carbocycles. The Bertz CT molecular complexity index is 1060. The van der Waals surface area contributed by atoms with Crippen LogP contribution in [0.25, 0.3) is 11.3 Å². The number of nitrogen functional groups attached to an aromatic ring is 1. The summed E-state index contributed by atoms with van der Waals surface area (Å²) in [6.45, 7) is 1.43. The van der Waals surface area contributed by atoms with Gasteiger partial charge in [-0.15, -0.1) is 0 Å². The second-order valence-corrected chi connectivity index (χ2v) is 6.85. The van der Waals surface area contributed by atoms with Gasteiger partial charge in [-0.25, -0.2) is 9.97 Å². The molecule has 0 bridgehead atoms. The number of hydrogen-bond donors (Lipinski definition) is 3. The van der Waals surface area contributed by atoms with Gasteiger partial charge in [-0.3, -0.25) is 4.79 Å². The zero-order valence-electron chi connectivity index (χ0n) is 15.0. The summed E-state index contributed by atoms with van der Waals surface area (Å²) in [7, 11) is 0. The number of nitrogens with one attached hydrogen (secondary N) is 1. The summed E-state index contributed by atoms with van der Waals surface area (Å²) in [4.78, 5) is 19.8. The van der Waals surface area contributed by atoms with Crippen LogP contribution in [0.5, 0.6) is 5.75 Å². The number of aromatic nitrogens is 2. The van der Waals surface area contributed by atoms with Crippen LogP contribution < -0.4 is 11.1 Å². The van der Waals surface area contributed by atoms with Crippen molar-refractivity contribution in [1.82, 2.24) is 9.97 Å². The lowest BCUT2D eigenvalue weighted by Crippen LogP contribution is -2.05. The summed E-state index contributed by atoms with van der Waals surface area (Å²) in [6.07, 6.45) is 0. The van der Waals surface area contributed by atoms with Crippen LogP contribution in [0.2, 0.25) is 0 Å². The lowest BCUT2D eigenvalue weighted by atomic mass is 10.1. The number of hydrogen-bond acceptors (Lipinski definition) is 7. The van der Waals surface area contributed by atoms with Crippen LogP contribution in [-0.4, -0.2) is 21.0 Å². The summed E-state index contributed by atoms with van der Waals surface area (Å²) >= 11 is 1.31. The molecule has 0 fully saturated rings. The average Bonchev–Trinajstić information content (AvgIpc) is 2.67. The van der Waals surface area contributed by atoms with Gasteiger partial charge in [-0.2, -0.15) is 5.26 Å². The second kappa shape index (κ2) is 8.41. The average molecular weight is 391 g/mol. The predicted octanol–water partition coefficient (Wildman–Crippen LogP) is 3.55. The van der Waals surface area contributed by atoms with Crippen LogP contribution in [0.4, 0.5) is 11.5 Å². The Morgan fingerprint density at radius 1 is 1.21 bits per heavy atom. The number of thioether (sulfide) groups is 1. The van der Waals surface area contributed by atoms with E-state index in [0.29, 0.717) is 27.9 Å². The van der Waals surface area contributed by atoms with E-state index in [9.17, 15) is 15.2 Å². The molecular weight excluding hydrogens is 374 g/mol. The zero-order chi connectivity index (χ0) is 20.1. The molecule has 1 heterocycles. The first kappa shape index (κ1) is 19.2. The molecule has 28 heavy (non-hydrogen) atoms. The van der Waals surface area contributed by atoms with Crippen molar-refractivity contribution in [2.45, 2.75) is 17.8 Å².